The van der Waals surface area contributed by atoms with E-state index in [1.165, 1.54) is 5.56 Å². The van der Waals surface area contributed by atoms with Crippen molar-refractivity contribution in [3.8, 4) is 0 Å². The van der Waals surface area contributed by atoms with Gasteiger partial charge in [-0.3, -0.25) is 4.79 Å². The van der Waals surface area contributed by atoms with Crippen molar-refractivity contribution in [2.45, 2.75) is 32.9 Å². The van der Waals surface area contributed by atoms with Gasteiger partial charge < -0.3 is 9.64 Å². The second-order valence-corrected chi connectivity index (χ2v) is 7.11. The third kappa shape index (κ3) is 3.40. The molecule has 3 aromatic rings. The normalized spacial score (nSPS) is 20.0. The van der Waals surface area contributed by atoms with Gasteiger partial charge in [-0.15, -0.1) is 10.2 Å². The molecule has 27 heavy (non-hydrogen) atoms. The molecule has 2 aromatic carbocycles. The molecular formula is C21H22N4O2. The molecule has 2 unspecified atom stereocenters. The minimum Gasteiger partial charge on any atom is -0.370 e. The number of hydrogen-bond acceptors (Lipinski definition) is 5. The summed E-state index contributed by atoms with van der Waals surface area (Å²) in [6, 6.07) is 13.7. The number of aryl methyl sites for hydroxylation is 2. The Kier molecular flexibility index (Phi) is 4.58. The van der Waals surface area contributed by atoms with Gasteiger partial charge in [0.1, 0.15) is 11.6 Å². The van der Waals surface area contributed by atoms with E-state index in [2.05, 4.69) is 47.2 Å². The molecule has 2 heterocycles. The van der Waals surface area contributed by atoms with E-state index >= 15 is 0 Å². The highest BCUT2D eigenvalue weighted by Gasteiger charge is 2.33. The molecule has 0 radical (unpaired) electrons. The zero-order chi connectivity index (χ0) is 19.0. The Labute approximate surface area is 158 Å². The van der Waals surface area contributed by atoms with Crippen LogP contribution in [-0.2, 0) is 4.74 Å². The minimum atomic E-state index is -0.209. The lowest BCUT2D eigenvalue weighted by Gasteiger charge is -2.38. The Hall–Kier alpha value is -2.86. The number of carbonyl (C=O) groups is 1. The van der Waals surface area contributed by atoms with Crippen LogP contribution in [0, 0.1) is 13.8 Å². The van der Waals surface area contributed by atoms with Gasteiger partial charge in [0, 0.05) is 0 Å². The molecule has 1 saturated heterocycles. The molecular weight excluding hydrogens is 340 g/mol. The van der Waals surface area contributed by atoms with Crippen LogP contribution in [0.1, 0.15) is 40.3 Å². The second-order valence-electron chi connectivity index (χ2n) is 7.11. The molecule has 138 valence electrons. The van der Waals surface area contributed by atoms with Crippen LogP contribution in [0.3, 0.4) is 0 Å². The summed E-state index contributed by atoms with van der Waals surface area (Å²) in [4.78, 5) is 19.3. The molecule has 1 fully saturated rings. The molecule has 0 saturated carbocycles. The van der Waals surface area contributed by atoms with Gasteiger partial charge >= 0.3 is 0 Å². The Bertz CT molecular complexity index is 1000. The summed E-state index contributed by atoms with van der Waals surface area (Å²) in [6.07, 6.45) is -0.154. The van der Waals surface area contributed by atoms with E-state index in [-0.39, 0.29) is 23.9 Å². The highest BCUT2D eigenvalue weighted by atomic mass is 16.5. The lowest BCUT2D eigenvalue weighted by Crippen LogP contribution is -2.48. The number of benzene rings is 2. The third-order valence-corrected chi connectivity index (χ3v) is 5.03. The molecule has 0 aliphatic carbocycles. The van der Waals surface area contributed by atoms with E-state index < -0.39 is 0 Å². The fraction of sp³-hybridized carbons (Fsp3) is 0.333. The zero-order valence-corrected chi connectivity index (χ0v) is 15.7. The van der Waals surface area contributed by atoms with E-state index in [0.29, 0.717) is 24.2 Å². The van der Waals surface area contributed by atoms with E-state index in [4.69, 9.17) is 4.74 Å². The molecule has 0 N–H and O–H groups in total. The summed E-state index contributed by atoms with van der Waals surface area (Å²) in [5, 5.41) is 8.19. The van der Waals surface area contributed by atoms with Crippen molar-refractivity contribution in [3.05, 3.63) is 65.0 Å². The van der Waals surface area contributed by atoms with Crippen molar-refractivity contribution >= 4 is 16.9 Å². The van der Waals surface area contributed by atoms with E-state index in [1.54, 1.807) is 4.90 Å². The number of nitrogens with zero attached hydrogens (tertiary/aromatic N) is 4. The quantitative estimate of drug-likeness (QED) is 0.700. The van der Waals surface area contributed by atoms with Crippen LogP contribution in [0.2, 0.25) is 0 Å². The molecule has 1 aromatic heterocycles. The number of aromatic nitrogens is 3. The topological polar surface area (TPSA) is 68.2 Å². The molecule has 1 amide bonds. The predicted molar refractivity (Wildman–Crippen MR) is 102 cm³/mol. The molecule has 1 aliphatic rings. The Morgan fingerprint density at radius 1 is 1.11 bits per heavy atom. The number of fused-ring (bicyclic) bond motifs is 1. The number of para-hydroxylation sites is 1. The van der Waals surface area contributed by atoms with Crippen LogP contribution < -0.4 is 0 Å². The van der Waals surface area contributed by atoms with Gasteiger partial charge in [-0.2, -0.15) is 0 Å². The van der Waals surface area contributed by atoms with Gasteiger partial charge in [-0.25, -0.2) is 4.98 Å². The zero-order valence-electron chi connectivity index (χ0n) is 15.7. The van der Waals surface area contributed by atoms with Crippen molar-refractivity contribution in [2.75, 3.05) is 13.2 Å². The van der Waals surface area contributed by atoms with E-state index in [0.717, 1.165) is 11.1 Å². The number of rotatable bonds is 2. The van der Waals surface area contributed by atoms with Crippen molar-refractivity contribution in [3.63, 3.8) is 0 Å². The Morgan fingerprint density at radius 2 is 1.89 bits per heavy atom. The predicted octanol–water partition coefficient (Wildman–Crippen LogP) is 3.24. The summed E-state index contributed by atoms with van der Waals surface area (Å²) in [5.74, 6) is -0.0819. The summed E-state index contributed by atoms with van der Waals surface area (Å²) in [7, 11) is 0. The third-order valence-electron chi connectivity index (χ3n) is 5.03. The summed E-state index contributed by atoms with van der Waals surface area (Å²) >= 11 is 0. The van der Waals surface area contributed by atoms with Crippen molar-refractivity contribution in [1.29, 1.82) is 0 Å². The maximum absolute atomic E-state index is 13.1. The second kappa shape index (κ2) is 7.04. The number of ether oxygens (including phenoxy) is 1. The number of morpholine rings is 1. The average molecular weight is 362 g/mol. The molecule has 4 rings (SSSR count). The molecule has 6 nitrogen and oxygen atoms in total. The molecule has 6 heteroatoms. The number of carbonyl (C=O) groups excluding carboxylic acids is 1. The molecule has 0 bridgehead atoms. The fourth-order valence-corrected chi connectivity index (χ4v) is 3.43. The van der Waals surface area contributed by atoms with Crippen LogP contribution in [0.15, 0.2) is 42.5 Å². The van der Waals surface area contributed by atoms with Gasteiger partial charge in [-0.1, -0.05) is 35.9 Å². The maximum Gasteiger partial charge on any atom is 0.293 e. The lowest BCUT2D eigenvalue weighted by molar-refractivity contribution is -0.0493. The largest absolute Gasteiger partial charge is 0.370 e. The number of amides is 1. The first-order chi connectivity index (χ1) is 13.0. The average Bonchev–Trinajstić information content (AvgIpc) is 2.69. The van der Waals surface area contributed by atoms with E-state index in [9.17, 15) is 4.79 Å². The smallest absolute Gasteiger partial charge is 0.293 e. The van der Waals surface area contributed by atoms with Crippen molar-refractivity contribution in [1.82, 2.24) is 20.1 Å². The summed E-state index contributed by atoms with van der Waals surface area (Å²) < 4.78 is 6.05. The first kappa shape index (κ1) is 17.5. The minimum absolute atomic E-state index is 0.0473. The van der Waals surface area contributed by atoms with Crippen LogP contribution in [0.4, 0.5) is 0 Å². The standard InChI is InChI=1S/C21H22N4O2/c1-13-8-9-14(2)16(10-13)19-11-25(15(3)12-27-19)21(26)20-22-17-6-4-5-7-18(17)23-24-20/h4-10,15,19H,11-12H2,1-3H3. The summed E-state index contributed by atoms with van der Waals surface area (Å²) in [5.41, 5.74) is 4.81. The van der Waals surface area contributed by atoms with Crippen LogP contribution in [-0.4, -0.2) is 45.2 Å². The van der Waals surface area contributed by atoms with Gasteiger partial charge in [0.25, 0.3) is 5.91 Å². The van der Waals surface area contributed by atoms with Crippen LogP contribution in [0.5, 0.6) is 0 Å². The van der Waals surface area contributed by atoms with Gasteiger partial charge in [0.15, 0.2) is 0 Å². The molecule has 2 atom stereocenters. The van der Waals surface area contributed by atoms with Gasteiger partial charge in [0.2, 0.25) is 5.82 Å². The van der Waals surface area contributed by atoms with E-state index in [1.807, 2.05) is 31.2 Å². The summed E-state index contributed by atoms with van der Waals surface area (Å²) in [6.45, 7) is 7.06. The highest BCUT2D eigenvalue weighted by Crippen LogP contribution is 2.28. The van der Waals surface area contributed by atoms with Gasteiger partial charge in [-0.05, 0) is 44.0 Å². The van der Waals surface area contributed by atoms with Crippen LogP contribution >= 0.6 is 0 Å². The lowest BCUT2D eigenvalue weighted by atomic mass is 9.99. The van der Waals surface area contributed by atoms with Crippen molar-refractivity contribution in [2.24, 2.45) is 0 Å². The molecule has 1 aliphatic heterocycles. The Balaban J connectivity index is 1.62. The highest BCUT2D eigenvalue weighted by molar-refractivity contribution is 5.92. The monoisotopic (exact) mass is 362 g/mol. The fourth-order valence-electron chi connectivity index (χ4n) is 3.43. The van der Waals surface area contributed by atoms with Crippen LogP contribution in [0.25, 0.3) is 11.0 Å². The number of hydrogen-bond donors (Lipinski definition) is 0. The first-order valence-corrected chi connectivity index (χ1v) is 9.12. The van der Waals surface area contributed by atoms with Gasteiger partial charge in [0.05, 0.1) is 24.7 Å². The maximum atomic E-state index is 13.1. The molecule has 0 spiro atoms. The Morgan fingerprint density at radius 3 is 2.70 bits per heavy atom. The first-order valence-electron chi connectivity index (χ1n) is 9.12. The SMILES string of the molecule is Cc1ccc(C)c(C2CN(C(=O)c3nnc4ccccc4n3)C(C)CO2)c1. The van der Waals surface area contributed by atoms with Crippen molar-refractivity contribution < 1.29 is 9.53 Å².